The molecule has 0 radical (unpaired) electrons. The predicted molar refractivity (Wildman–Crippen MR) is 77.0 cm³/mol. The standard InChI is InChI=1S/C16H30O/c1-8-14(7)10-16(17-11-12(3)4)15(9-2)13(5)6/h10,12-13H,8-9,11H2,1-7H3/b14-10-,16-15-. The molecule has 0 saturated carbocycles. The van der Waals surface area contributed by atoms with E-state index >= 15 is 0 Å². The first-order chi connectivity index (χ1) is 7.92. The van der Waals surface area contributed by atoms with Crippen LogP contribution in [-0.4, -0.2) is 6.61 Å². The van der Waals surface area contributed by atoms with E-state index in [1.165, 1.54) is 11.1 Å². The van der Waals surface area contributed by atoms with Gasteiger partial charge in [-0.1, -0.05) is 47.1 Å². The van der Waals surface area contributed by atoms with E-state index in [0.717, 1.165) is 25.2 Å². The maximum absolute atomic E-state index is 5.99. The van der Waals surface area contributed by atoms with Crippen LogP contribution >= 0.6 is 0 Å². The van der Waals surface area contributed by atoms with Crippen molar-refractivity contribution in [2.24, 2.45) is 11.8 Å². The minimum atomic E-state index is 0.558. The second kappa shape index (κ2) is 8.38. The molecule has 0 aliphatic rings. The third kappa shape index (κ3) is 6.55. The van der Waals surface area contributed by atoms with Crippen molar-refractivity contribution in [1.82, 2.24) is 0 Å². The van der Waals surface area contributed by atoms with Gasteiger partial charge in [0.1, 0.15) is 5.76 Å². The Kier molecular flexibility index (Phi) is 8.03. The summed E-state index contributed by atoms with van der Waals surface area (Å²) in [7, 11) is 0. The zero-order chi connectivity index (χ0) is 13.4. The molecule has 100 valence electrons. The molecule has 0 rings (SSSR count). The minimum Gasteiger partial charge on any atom is -0.493 e. The molecule has 0 bridgehead atoms. The number of rotatable bonds is 7. The first kappa shape index (κ1) is 16.3. The normalized spacial score (nSPS) is 14.3. The molecular weight excluding hydrogens is 208 g/mol. The maximum atomic E-state index is 5.99. The van der Waals surface area contributed by atoms with Crippen molar-refractivity contribution in [2.45, 2.75) is 61.3 Å². The zero-order valence-electron chi connectivity index (χ0n) is 12.8. The zero-order valence-corrected chi connectivity index (χ0v) is 12.8. The Balaban J connectivity index is 5.07. The highest BCUT2D eigenvalue weighted by Gasteiger charge is 2.09. The number of allylic oxidation sites excluding steroid dienone is 3. The Morgan fingerprint density at radius 2 is 1.65 bits per heavy atom. The third-order valence-corrected chi connectivity index (χ3v) is 2.90. The van der Waals surface area contributed by atoms with Gasteiger partial charge in [-0.25, -0.2) is 0 Å². The summed E-state index contributed by atoms with van der Waals surface area (Å²) in [6.45, 7) is 16.2. The fourth-order valence-electron chi connectivity index (χ4n) is 1.68. The molecule has 0 aromatic carbocycles. The van der Waals surface area contributed by atoms with Gasteiger partial charge in [-0.15, -0.1) is 0 Å². The van der Waals surface area contributed by atoms with Crippen LogP contribution in [0.15, 0.2) is 23.0 Å². The summed E-state index contributed by atoms with van der Waals surface area (Å²) in [6, 6.07) is 0. The fraction of sp³-hybridized carbons (Fsp3) is 0.750. The average molecular weight is 238 g/mol. The lowest BCUT2D eigenvalue weighted by molar-refractivity contribution is 0.184. The first-order valence-electron chi connectivity index (χ1n) is 6.95. The molecule has 1 heteroatoms. The van der Waals surface area contributed by atoms with Gasteiger partial charge in [0.05, 0.1) is 6.61 Å². The predicted octanol–water partition coefficient (Wildman–Crippen LogP) is 5.34. The van der Waals surface area contributed by atoms with Crippen molar-refractivity contribution >= 4 is 0 Å². The van der Waals surface area contributed by atoms with E-state index < -0.39 is 0 Å². The van der Waals surface area contributed by atoms with Crippen LogP contribution in [-0.2, 0) is 4.74 Å². The molecule has 0 aromatic heterocycles. The minimum absolute atomic E-state index is 0.558. The van der Waals surface area contributed by atoms with Crippen LogP contribution < -0.4 is 0 Å². The van der Waals surface area contributed by atoms with Crippen LogP contribution in [0.3, 0.4) is 0 Å². The molecule has 0 aliphatic heterocycles. The summed E-state index contributed by atoms with van der Waals surface area (Å²) in [4.78, 5) is 0. The van der Waals surface area contributed by atoms with E-state index in [0.29, 0.717) is 11.8 Å². The summed E-state index contributed by atoms with van der Waals surface area (Å²) in [5.41, 5.74) is 2.81. The lowest BCUT2D eigenvalue weighted by Gasteiger charge is -2.18. The van der Waals surface area contributed by atoms with Crippen molar-refractivity contribution in [3.63, 3.8) is 0 Å². The van der Waals surface area contributed by atoms with E-state index in [-0.39, 0.29) is 0 Å². The molecule has 0 aliphatic carbocycles. The van der Waals surface area contributed by atoms with Crippen LogP contribution in [0, 0.1) is 11.8 Å². The van der Waals surface area contributed by atoms with Crippen LogP contribution in [0.1, 0.15) is 61.3 Å². The third-order valence-electron chi connectivity index (χ3n) is 2.90. The van der Waals surface area contributed by atoms with Crippen LogP contribution in [0.5, 0.6) is 0 Å². The van der Waals surface area contributed by atoms with Crippen molar-refractivity contribution in [3.8, 4) is 0 Å². The molecule has 0 amide bonds. The number of hydrogen-bond acceptors (Lipinski definition) is 1. The summed E-state index contributed by atoms with van der Waals surface area (Å²) < 4.78 is 5.99. The molecule has 17 heavy (non-hydrogen) atoms. The summed E-state index contributed by atoms with van der Waals surface area (Å²) in [5, 5.41) is 0. The van der Waals surface area contributed by atoms with Gasteiger partial charge in [-0.05, 0) is 43.3 Å². The largest absolute Gasteiger partial charge is 0.493 e. The van der Waals surface area contributed by atoms with Crippen LogP contribution in [0.25, 0.3) is 0 Å². The number of ether oxygens (including phenoxy) is 1. The molecule has 0 unspecified atom stereocenters. The van der Waals surface area contributed by atoms with Crippen molar-refractivity contribution in [3.05, 3.63) is 23.0 Å². The number of hydrogen-bond donors (Lipinski definition) is 0. The lowest BCUT2D eigenvalue weighted by atomic mass is 9.98. The second-order valence-corrected chi connectivity index (χ2v) is 5.45. The Bertz CT molecular complexity index is 269. The van der Waals surface area contributed by atoms with E-state index in [1.807, 2.05) is 0 Å². The highest BCUT2D eigenvalue weighted by atomic mass is 16.5. The molecular formula is C16H30O. The molecule has 0 spiro atoms. The SMILES string of the molecule is CC/C(C)=C\C(OCC(C)C)=C(/CC)C(C)C. The lowest BCUT2D eigenvalue weighted by Crippen LogP contribution is -2.06. The average Bonchev–Trinajstić information content (AvgIpc) is 2.25. The molecule has 0 heterocycles. The first-order valence-corrected chi connectivity index (χ1v) is 6.95. The van der Waals surface area contributed by atoms with E-state index in [9.17, 15) is 0 Å². The second-order valence-electron chi connectivity index (χ2n) is 5.45. The van der Waals surface area contributed by atoms with E-state index in [2.05, 4.69) is 54.5 Å². The van der Waals surface area contributed by atoms with Crippen molar-refractivity contribution in [1.29, 1.82) is 0 Å². The molecule has 0 N–H and O–H groups in total. The molecule has 0 fully saturated rings. The van der Waals surface area contributed by atoms with Gasteiger partial charge in [0, 0.05) is 0 Å². The highest BCUT2D eigenvalue weighted by molar-refractivity contribution is 5.24. The quantitative estimate of drug-likeness (QED) is 0.430. The monoisotopic (exact) mass is 238 g/mol. The Hall–Kier alpha value is -0.720. The molecule has 1 nitrogen and oxygen atoms in total. The van der Waals surface area contributed by atoms with Gasteiger partial charge in [-0.2, -0.15) is 0 Å². The van der Waals surface area contributed by atoms with Gasteiger partial charge in [-0.3, -0.25) is 0 Å². The maximum Gasteiger partial charge on any atom is 0.118 e. The van der Waals surface area contributed by atoms with E-state index in [1.54, 1.807) is 0 Å². The van der Waals surface area contributed by atoms with Crippen LogP contribution in [0.4, 0.5) is 0 Å². The summed E-state index contributed by atoms with van der Waals surface area (Å²) in [6.07, 6.45) is 4.38. The van der Waals surface area contributed by atoms with E-state index in [4.69, 9.17) is 4.74 Å². The van der Waals surface area contributed by atoms with Gasteiger partial charge in [0.15, 0.2) is 0 Å². The molecule has 0 saturated heterocycles. The van der Waals surface area contributed by atoms with Gasteiger partial charge < -0.3 is 4.74 Å². The van der Waals surface area contributed by atoms with Crippen molar-refractivity contribution < 1.29 is 4.74 Å². The Labute approximate surface area is 108 Å². The molecule has 0 aromatic rings. The fourth-order valence-corrected chi connectivity index (χ4v) is 1.68. The van der Waals surface area contributed by atoms with Gasteiger partial charge in [0.2, 0.25) is 0 Å². The summed E-state index contributed by atoms with van der Waals surface area (Å²) in [5.74, 6) is 2.24. The van der Waals surface area contributed by atoms with Gasteiger partial charge >= 0.3 is 0 Å². The smallest absolute Gasteiger partial charge is 0.118 e. The van der Waals surface area contributed by atoms with Gasteiger partial charge in [0.25, 0.3) is 0 Å². The Morgan fingerprint density at radius 3 is 2.00 bits per heavy atom. The highest BCUT2D eigenvalue weighted by Crippen LogP contribution is 2.22. The summed E-state index contributed by atoms with van der Waals surface area (Å²) >= 11 is 0. The van der Waals surface area contributed by atoms with Crippen molar-refractivity contribution in [2.75, 3.05) is 6.61 Å². The van der Waals surface area contributed by atoms with Crippen LogP contribution in [0.2, 0.25) is 0 Å². The Morgan fingerprint density at radius 1 is 1.06 bits per heavy atom. The molecule has 0 atom stereocenters. The topological polar surface area (TPSA) is 9.23 Å².